The molecule has 4 aromatic rings. The van der Waals surface area contributed by atoms with Crippen molar-refractivity contribution in [2.45, 2.75) is 38.0 Å². The van der Waals surface area contributed by atoms with E-state index in [1.807, 2.05) is 40.7 Å². The first-order chi connectivity index (χ1) is 14.1. The minimum absolute atomic E-state index is 0.286. The van der Waals surface area contributed by atoms with Gasteiger partial charge in [-0.1, -0.05) is 19.3 Å². The van der Waals surface area contributed by atoms with Gasteiger partial charge in [0.1, 0.15) is 23.6 Å². The largest absolute Gasteiger partial charge is 0.383 e. The molecule has 0 radical (unpaired) electrons. The highest BCUT2D eigenvalue weighted by Gasteiger charge is 2.18. The van der Waals surface area contributed by atoms with Gasteiger partial charge in [0.15, 0.2) is 0 Å². The average Bonchev–Trinajstić information content (AvgIpc) is 3.35. The van der Waals surface area contributed by atoms with E-state index in [0.29, 0.717) is 33.9 Å². The van der Waals surface area contributed by atoms with Crippen LogP contribution in [0.1, 0.15) is 43.6 Å². The van der Waals surface area contributed by atoms with Crippen molar-refractivity contribution in [1.82, 2.24) is 19.1 Å². The lowest BCUT2D eigenvalue weighted by Gasteiger charge is -2.20. The number of aromatic nitrogens is 4. The zero-order valence-electron chi connectivity index (χ0n) is 16.5. The van der Waals surface area contributed by atoms with Crippen molar-refractivity contribution >= 4 is 16.9 Å². The quantitative estimate of drug-likeness (QED) is 0.524. The topological polar surface area (TPSA) is 61.7 Å². The summed E-state index contributed by atoms with van der Waals surface area (Å²) in [6, 6.07) is 7.51. The third-order valence-electron chi connectivity index (χ3n) is 6.12. The Kier molecular flexibility index (Phi) is 4.34. The van der Waals surface area contributed by atoms with Crippen LogP contribution in [0.15, 0.2) is 49.2 Å². The molecular formula is C23H24FN5. The lowest BCUT2D eigenvalue weighted by Crippen LogP contribution is -2.03. The van der Waals surface area contributed by atoms with Crippen molar-refractivity contribution in [2.24, 2.45) is 7.05 Å². The molecule has 6 heteroatoms. The fourth-order valence-electron chi connectivity index (χ4n) is 4.57. The van der Waals surface area contributed by atoms with Crippen LogP contribution in [-0.2, 0) is 7.05 Å². The monoisotopic (exact) mass is 389 g/mol. The third kappa shape index (κ3) is 3.09. The standard InChI is InChI=1S/C23H24FN5/c1-28-13-19(21-22(25)26-14-27-23(21)28)18-8-7-17(11-20(18)24)29-10-9-16(12-29)15-5-3-2-4-6-15/h7-15H,2-6H2,1H3,(H2,25,26,27). The van der Waals surface area contributed by atoms with Gasteiger partial charge in [0.2, 0.25) is 0 Å². The summed E-state index contributed by atoms with van der Waals surface area (Å²) in [7, 11) is 1.87. The van der Waals surface area contributed by atoms with Crippen molar-refractivity contribution in [1.29, 1.82) is 0 Å². The maximum Gasteiger partial charge on any atom is 0.145 e. The van der Waals surface area contributed by atoms with Gasteiger partial charge < -0.3 is 14.9 Å². The van der Waals surface area contributed by atoms with Gasteiger partial charge in [-0.15, -0.1) is 0 Å². The van der Waals surface area contributed by atoms with Crippen molar-refractivity contribution in [3.63, 3.8) is 0 Å². The number of anilines is 1. The van der Waals surface area contributed by atoms with Gasteiger partial charge in [-0.3, -0.25) is 0 Å². The second-order valence-electron chi connectivity index (χ2n) is 7.96. The average molecular weight is 389 g/mol. The van der Waals surface area contributed by atoms with Crippen molar-refractivity contribution in [3.8, 4) is 16.8 Å². The zero-order chi connectivity index (χ0) is 20.0. The van der Waals surface area contributed by atoms with E-state index < -0.39 is 0 Å². The summed E-state index contributed by atoms with van der Waals surface area (Å²) >= 11 is 0. The van der Waals surface area contributed by atoms with Crippen LogP contribution in [0.25, 0.3) is 27.8 Å². The number of rotatable bonds is 3. The van der Waals surface area contributed by atoms with Gasteiger partial charge in [-0.25, -0.2) is 14.4 Å². The second-order valence-corrected chi connectivity index (χ2v) is 7.96. The van der Waals surface area contributed by atoms with E-state index in [-0.39, 0.29) is 5.82 Å². The molecule has 0 saturated heterocycles. The number of benzene rings is 1. The predicted molar refractivity (Wildman–Crippen MR) is 113 cm³/mol. The van der Waals surface area contributed by atoms with Crippen LogP contribution < -0.4 is 5.73 Å². The molecule has 0 spiro atoms. The van der Waals surface area contributed by atoms with Crippen molar-refractivity contribution in [3.05, 3.63) is 60.6 Å². The molecule has 2 N–H and O–H groups in total. The highest BCUT2D eigenvalue weighted by atomic mass is 19.1. The molecule has 3 aromatic heterocycles. The molecule has 1 saturated carbocycles. The van der Waals surface area contributed by atoms with E-state index >= 15 is 4.39 Å². The number of nitrogen functional groups attached to an aromatic ring is 1. The summed E-state index contributed by atoms with van der Waals surface area (Å²) in [6.07, 6.45) is 13.9. The molecule has 5 nitrogen and oxygen atoms in total. The number of hydrogen-bond acceptors (Lipinski definition) is 3. The first-order valence-electron chi connectivity index (χ1n) is 10.2. The third-order valence-corrected chi connectivity index (χ3v) is 6.12. The molecule has 3 heterocycles. The van der Waals surface area contributed by atoms with Crippen LogP contribution in [0.4, 0.5) is 10.2 Å². The summed E-state index contributed by atoms with van der Waals surface area (Å²) in [5, 5.41) is 0.683. The Balaban J connectivity index is 1.51. The van der Waals surface area contributed by atoms with E-state index in [2.05, 4.69) is 22.2 Å². The van der Waals surface area contributed by atoms with E-state index in [0.717, 1.165) is 5.69 Å². The highest BCUT2D eigenvalue weighted by molar-refractivity contribution is 6.00. The van der Waals surface area contributed by atoms with Crippen LogP contribution in [0, 0.1) is 5.82 Å². The minimum Gasteiger partial charge on any atom is -0.383 e. The van der Waals surface area contributed by atoms with Crippen molar-refractivity contribution in [2.75, 3.05) is 5.73 Å². The summed E-state index contributed by atoms with van der Waals surface area (Å²) in [6.45, 7) is 0. The molecule has 5 rings (SSSR count). The minimum atomic E-state index is -0.286. The number of aryl methyl sites for hydroxylation is 1. The summed E-state index contributed by atoms with van der Waals surface area (Å²) in [5.41, 5.74) is 10.1. The van der Waals surface area contributed by atoms with E-state index in [9.17, 15) is 0 Å². The molecule has 0 atom stereocenters. The second kappa shape index (κ2) is 7.03. The van der Waals surface area contributed by atoms with Gasteiger partial charge in [0, 0.05) is 42.5 Å². The smallest absolute Gasteiger partial charge is 0.145 e. The van der Waals surface area contributed by atoms with E-state index in [4.69, 9.17) is 5.73 Å². The predicted octanol–water partition coefficient (Wildman–Crippen LogP) is 5.20. The Hall–Kier alpha value is -3.15. The van der Waals surface area contributed by atoms with Gasteiger partial charge >= 0.3 is 0 Å². The SMILES string of the molecule is Cn1cc(-c2ccc(-n3ccc(C4CCCCC4)c3)cc2F)c2c(N)ncnc21. The molecule has 1 aliphatic carbocycles. The Bertz CT molecular complexity index is 1180. The Morgan fingerprint density at radius 2 is 1.86 bits per heavy atom. The molecule has 0 aliphatic heterocycles. The van der Waals surface area contributed by atoms with E-state index in [1.165, 1.54) is 44.0 Å². The molecule has 1 aliphatic rings. The Labute approximate surface area is 169 Å². The summed E-state index contributed by atoms with van der Waals surface area (Å²) < 4.78 is 19.0. The first kappa shape index (κ1) is 17.9. The maximum atomic E-state index is 15.1. The van der Waals surface area contributed by atoms with Crippen molar-refractivity contribution < 1.29 is 4.39 Å². The molecule has 29 heavy (non-hydrogen) atoms. The molecule has 148 valence electrons. The number of hydrogen-bond donors (Lipinski definition) is 1. The molecule has 1 fully saturated rings. The normalized spacial score (nSPS) is 15.2. The number of nitrogens with two attached hydrogens (primary N) is 1. The molecule has 0 bridgehead atoms. The Morgan fingerprint density at radius 1 is 1.03 bits per heavy atom. The molecular weight excluding hydrogens is 365 g/mol. The number of halogens is 1. The fourth-order valence-corrected chi connectivity index (χ4v) is 4.57. The highest BCUT2D eigenvalue weighted by Crippen LogP contribution is 2.35. The maximum absolute atomic E-state index is 15.1. The van der Waals surface area contributed by atoms with Gasteiger partial charge in [-0.2, -0.15) is 0 Å². The molecule has 0 unspecified atom stereocenters. The van der Waals surface area contributed by atoms with Gasteiger partial charge in [-0.05, 0) is 48.6 Å². The lowest BCUT2D eigenvalue weighted by atomic mass is 9.85. The first-order valence-corrected chi connectivity index (χ1v) is 10.2. The number of fused-ring (bicyclic) bond motifs is 1. The zero-order valence-corrected chi connectivity index (χ0v) is 16.5. The molecule has 0 amide bonds. The Morgan fingerprint density at radius 3 is 2.66 bits per heavy atom. The fraction of sp³-hybridized carbons (Fsp3) is 0.304. The number of nitrogens with zero attached hydrogens (tertiary/aromatic N) is 4. The van der Waals surface area contributed by atoms with Crippen LogP contribution in [0.5, 0.6) is 0 Å². The van der Waals surface area contributed by atoms with Crippen LogP contribution in [0.2, 0.25) is 0 Å². The molecule has 1 aromatic carbocycles. The van der Waals surface area contributed by atoms with Gasteiger partial charge in [0.25, 0.3) is 0 Å². The van der Waals surface area contributed by atoms with E-state index in [1.54, 1.807) is 6.07 Å². The van der Waals surface area contributed by atoms with Gasteiger partial charge in [0.05, 0.1) is 5.39 Å². The van der Waals surface area contributed by atoms with Crippen LogP contribution in [0.3, 0.4) is 0 Å². The summed E-state index contributed by atoms with van der Waals surface area (Å²) in [5.74, 6) is 0.704. The van der Waals surface area contributed by atoms with Crippen LogP contribution >= 0.6 is 0 Å². The lowest BCUT2D eigenvalue weighted by molar-refractivity contribution is 0.443. The van der Waals surface area contributed by atoms with Crippen LogP contribution in [-0.4, -0.2) is 19.1 Å². The summed E-state index contributed by atoms with van der Waals surface area (Å²) in [4.78, 5) is 8.35.